The molecule has 0 unspecified atom stereocenters. The first-order valence-corrected chi connectivity index (χ1v) is 6.89. The van der Waals surface area contributed by atoms with Crippen molar-refractivity contribution in [2.24, 2.45) is 0 Å². The smallest absolute Gasteiger partial charge is 0.115 e. The van der Waals surface area contributed by atoms with Gasteiger partial charge in [0.15, 0.2) is 0 Å². The van der Waals surface area contributed by atoms with Crippen molar-refractivity contribution in [3.8, 4) is 0 Å². The number of ether oxygens (including phenoxy) is 1. The molecule has 0 saturated heterocycles. The van der Waals surface area contributed by atoms with E-state index < -0.39 is 0 Å². The monoisotopic (exact) mass is 262 g/mol. The van der Waals surface area contributed by atoms with E-state index in [4.69, 9.17) is 4.74 Å². The van der Waals surface area contributed by atoms with Crippen LogP contribution in [0, 0.1) is 0 Å². The predicted molar refractivity (Wildman–Crippen MR) is 76.9 cm³/mol. The fraction of sp³-hybridized carbons (Fsp3) is 0.571. The minimum atomic E-state index is 0.294. The third kappa shape index (κ3) is 3.44. The van der Waals surface area contributed by atoms with E-state index in [-0.39, 0.29) is 0 Å². The molecule has 0 aliphatic carbocycles. The molecule has 1 heterocycles. The number of fused-ring (bicyclic) bond motifs is 1. The predicted octanol–water partition coefficient (Wildman–Crippen LogP) is 2.20. The number of aromatic nitrogens is 3. The van der Waals surface area contributed by atoms with Crippen molar-refractivity contribution in [2.75, 3.05) is 24.7 Å². The van der Waals surface area contributed by atoms with Gasteiger partial charge in [-0.2, -0.15) is 4.79 Å². The van der Waals surface area contributed by atoms with E-state index in [1.165, 1.54) is 0 Å². The molecule has 0 spiro atoms. The minimum absolute atomic E-state index is 0.294. The molecule has 104 valence electrons. The average Bonchev–Trinajstić information content (AvgIpc) is 2.83. The maximum Gasteiger partial charge on any atom is 0.115 e. The molecular formula is C14H22N4O. The molecule has 0 fully saturated rings. The molecule has 0 N–H and O–H groups in total. The van der Waals surface area contributed by atoms with Gasteiger partial charge in [0.1, 0.15) is 11.0 Å². The van der Waals surface area contributed by atoms with Crippen LogP contribution in [0.4, 0.5) is 0 Å². The summed E-state index contributed by atoms with van der Waals surface area (Å²) in [6.45, 7) is 8.83. The topological polar surface area (TPSA) is 43.2 Å². The Kier molecular flexibility index (Phi) is 4.74. The van der Waals surface area contributed by atoms with Crippen molar-refractivity contribution in [3.63, 3.8) is 0 Å². The van der Waals surface area contributed by atoms with E-state index >= 15 is 0 Å². The third-order valence-electron chi connectivity index (χ3n) is 2.98. The van der Waals surface area contributed by atoms with Gasteiger partial charge in [0.2, 0.25) is 0 Å². The molecule has 1 aromatic heterocycles. The van der Waals surface area contributed by atoms with Crippen molar-refractivity contribution in [1.82, 2.24) is 15.1 Å². The van der Waals surface area contributed by atoms with Crippen molar-refractivity contribution < 1.29 is 4.74 Å². The summed E-state index contributed by atoms with van der Waals surface area (Å²) in [6, 6.07) is 8.02. The number of para-hydroxylation sites is 1. The molecule has 1 aromatic carbocycles. The van der Waals surface area contributed by atoms with Gasteiger partial charge in [0, 0.05) is 19.7 Å². The lowest BCUT2D eigenvalue weighted by Gasteiger charge is -2.22. The van der Waals surface area contributed by atoms with Gasteiger partial charge in [-0.25, -0.2) is 0 Å². The normalized spacial score (nSPS) is 11.4. The van der Waals surface area contributed by atoms with E-state index in [1.54, 1.807) is 0 Å². The Balaban J connectivity index is 2.01. The summed E-state index contributed by atoms with van der Waals surface area (Å²) in [6.07, 6.45) is 1.28. The lowest BCUT2D eigenvalue weighted by atomic mass is 10.3. The zero-order valence-corrected chi connectivity index (χ0v) is 11.9. The number of benzene rings is 1. The lowest BCUT2D eigenvalue weighted by Crippen LogP contribution is -2.36. The average molecular weight is 262 g/mol. The number of nitrogens with zero attached hydrogens (tertiary/aromatic N) is 4. The van der Waals surface area contributed by atoms with E-state index in [0.29, 0.717) is 6.10 Å². The Morgan fingerprint density at radius 3 is 2.84 bits per heavy atom. The molecule has 2 aromatic rings. The van der Waals surface area contributed by atoms with E-state index in [9.17, 15) is 0 Å². The van der Waals surface area contributed by atoms with E-state index in [1.807, 2.05) is 29.1 Å². The van der Waals surface area contributed by atoms with Crippen LogP contribution in [0.25, 0.3) is 11.0 Å². The Morgan fingerprint density at radius 2 is 2.11 bits per heavy atom. The quantitative estimate of drug-likeness (QED) is 0.718. The zero-order valence-electron chi connectivity index (χ0n) is 11.9. The van der Waals surface area contributed by atoms with Gasteiger partial charge in [0.05, 0.1) is 6.10 Å². The summed E-state index contributed by atoms with van der Waals surface area (Å²) in [7, 11) is 0. The highest BCUT2D eigenvalue weighted by molar-refractivity contribution is 5.74. The van der Waals surface area contributed by atoms with Gasteiger partial charge in [-0.3, -0.25) is 5.01 Å². The molecule has 0 bridgehead atoms. The summed E-state index contributed by atoms with van der Waals surface area (Å²) in [4.78, 5) is 1.89. The minimum Gasteiger partial charge on any atom is -0.379 e. The van der Waals surface area contributed by atoms with Crippen LogP contribution >= 0.6 is 0 Å². The number of rotatable bonds is 7. The zero-order chi connectivity index (χ0) is 13.7. The maximum absolute atomic E-state index is 5.57. The van der Waals surface area contributed by atoms with Gasteiger partial charge >= 0.3 is 0 Å². The molecule has 0 atom stereocenters. The van der Waals surface area contributed by atoms with Gasteiger partial charge in [0.25, 0.3) is 0 Å². The summed E-state index contributed by atoms with van der Waals surface area (Å²) in [5, 5.41) is 10.6. The third-order valence-corrected chi connectivity index (χ3v) is 2.98. The van der Waals surface area contributed by atoms with Crippen LogP contribution in [0.1, 0.15) is 27.2 Å². The molecule has 0 saturated carbocycles. The number of hydrogen-bond donors (Lipinski definition) is 0. The Morgan fingerprint density at radius 1 is 1.32 bits per heavy atom. The van der Waals surface area contributed by atoms with E-state index in [0.717, 1.165) is 37.2 Å². The first kappa shape index (κ1) is 13.8. The summed E-state index contributed by atoms with van der Waals surface area (Å²) < 4.78 is 5.57. The van der Waals surface area contributed by atoms with Crippen LogP contribution in [0.15, 0.2) is 24.3 Å². The summed E-state index contributed by atoms with van der Waals surface area (Å²) in [5.41, 5.74) is 1.98. The first-order chi connectivity index (χ1) is 9.22. The van der Waals surface area contributed by atoms with Crippen LogP contribution in [-0.2, 0) is 4.74 Å². The van der Waals surface area contributed by atoms with Crippen molar-refractivity contribution in [1.29, 1.82) is 0 Å². The highest BCUT2D eigenvalue weighted by atomic mass is 16.5. The van der Waals surface area contributed by atoms with Crippen LogP contribution < -0.4 is 5.01 Å². The Bertz CT molecular complexity index is 509. The molecule has 0 aliphatic rings. The largest absolute Gasteiger partial charge is 0.379 e. The molecule has 2 rings (SSSR count). The molecule has 19 heavy (non-hydrogen) atoms. The van der Waals surface area contributed by atoms with Crippen molar-refractivity contribution >= 4 is 11.0 Å². The van der Waals surface area contributed by atoms with Crippen LogP contribution in [0.5, 0.6) is 0 Å². The fourth-order valence-corrected chi connectivity index (χ4v) is 2.02. The molecule has 5 nitrogen and oxygen atoms in total. The maximum atomic E-state index is 5.57. The molecular weight excluding hydrogens is 240 g/mol. The van der Waals surface area contributed by atoms with Gasteiger partial charge in [-0.1, -0.05) is 12.1 Å². The second-order valence-electron chi connectivity index (χ2n) is 4.79. The van der Waals surface area contributed by atoms with Gasteiger partial charge < -0.3 is 4.74 Å². The first-order valence-electron chi connectivity index (χ1n) is 6.89. The Hall–Kier alpha value is -1.62. The van der Waals surface area contributed by atoms with Crippen LogP contribution in [0.3, 0.4) is 0 Å². The molecule has 0 amide bonds. The Labute approximate surface area is 114 Å². The summed E-state index contributed by atoms with van der Waals surface area (Å²) in [5.74, 6) is 0. The van der Waals surface area contributed by atoms with Crippen molar-refractivity contribution in [2.45, 2.75) is 33.3 Å². The van der Waals surface area contributed by atoms with Gasteiger partial charge in [-0.15, -0.1) is 5.10 Å². The standard InChI is InChI=1S/C14H22N4O/c1-4-17(10-7-11-19-12(2)3)18-14-9-6-5-8-13(14)15-16-18/h5-6,8-9,12H,4,7,10-11H2,1-3H3. The number of hydrogen-bond acceptors (Lipinski definition) is 4. The van der Waals surface area contributed by atoms with Crippen LogP contribution in [-0.4, -0.2) is 40.9 Å². The molecule has 0 radical (unpaired) electrons. The molecule has 0 aliphatic heterocycles. The SMILES string of the molecule is CCN(CCCOC(C)C)n1nnc2ccccc21. The van der Waals surface area contributed by atoms with Crippen LogP contribution in [0.2, 0.25) is 0 Å². The lowest BCUT2D eigenvalue weighted by molar-refractivity contribution is 0.0772. The van der Waals surface area contributed by atoms with Crippen molar-refractivity contribution in [3.05, 3.63) is 24.3 Å². The van der Waals surface area contributed by atoms with E-state index in [2.05, 4.69) is 36.1 Å². The summed E-state index contributed by atoms with van der Waals surface area (Å²) >= 11 is 0. The highest BCUT2D eigenvalue weighted by Crippen LogP contribution is 2.10. The fourth-order valence-electron chi connectivity index (χ4n) is 2.02. The second-order valence-corrected chi connectivity index (χ2v) is 4.79. The van der Waals surface area contributed by atoms with Gasteiger partial charge in [-0.05, 0) is 44.5 Å². The second kappa shape index (κ2) is 6.52. The molecule has 5 heteroatoms. The highest BCUT2D eigenvalue weighted by Gasteiger charge is 2.09.